The third-order valence-corrected chi connectivity index (χ3v) is 3.96. The summed E-state index contributed by atoms with van der Waals surface area (Å²) in [6, 6.07) is 13.6. The Morgan fingerprint density at radius 3 is 2.79 bits per heavy atom. The van der Waals surface area contributed by atoms with E-state index in [0.29, 0.717) is 16.8 Å². The van der Waals surface area contributed by atoms with E-state index in [1.807, 2.05) is 0 Å². The van der Waals surface area contributed by atoms with Gasteiger partial charge >= 0.3 is 11.7 Å². The Bertz CT molecular complexity index is 1170. The number of para-hydroxylation sites is 2. The lowest BCUT2D eigenvalue weighted by molar-refractivity contribution is 0.0486. The van der Waals surface area contributed by atoms with Gasteiger partial charge in [0.1, 0.15) is 17.9 Å². The second kappa shape index (κ2) is 7.75. The van der Waals surface area contributed by atoms with Crippen LogP contribution in [0.15, 0.2) is 76.3 Å². The number of aromatic nitrogens is 3. The fourth-order valence-corrected chi connectivity index (χ4v) is 2.68. The number of nitrogens with zero attached hydrogens (tertiary/aromatic N) is 3. The Hall–Kier alpha value is -3.94. The third kappa shape index (κ3) is 3.61. The van der Waals surface area contributed by atoms with Gasteiger partial charge in [-0.3, -0.25) is 9.55 Å². The molecule has 0 N–H and O–H groups in total. The van der Waals surface area contributed by atoms with Gasteiger partial charge in [-0.05, 0) is 36.4 Å². The van der Waals surface area contributed by atoms with Gasteiger partial charge in [0.2, 0.25) is 5.88 Å². The minimum absolute atomic E-state index is 0.0104. The Morgan fingerprint density at radius 2 is 1.93 bits per heavy atom. The average Bonchev–Trinajstić information content (AvgIpc) is 3.04. The van der Waals surface area contributed by atoms with E-state index in [2.05, 4.69) is 9.97 Å². The van der Waals surface area contributed by atoms with E-state index in [1.54, 1.807) is 54.7 Å². The van der Waals surface area contributed by atoms with Crippen LogP contribution >= 0.6 is 0 Å². The predicted molar refractivity (Wildman–Crippen MR) is 99.3 cm³/mol. The molecular formula is C20H15N3O5. The largest absolute Gasteiger partial charge is 0.460 e. The SMILES string of the molecule is O=C(OCCn1c(=O)oc2ccccc21)c1cccnc1Oc1cccnc1. The Morgan fingerprint density at radius 1 is 1.07 bits per heavy atom. The molecule has 0 aliphatic carbocycles. The van der Waals surface area contributed by atoms with E-state index in [1.165, 1.54) is 17.0 Å². The Balaban J connectivity index is 1.46. The van der Waals surface area contributed by atoms with E-state index in [0.717, 1.165) is 0 Å². The maximum atomic E-state index is 12.5. The zero-order valence-electron chi connectivity index (χ0n) is 14.6. The predicted octanol–water partition coefficient (Wildman–Crippen LogP) is 3.03. The smallest absolute Gasteiger partial charge is 0.420 e. The van der Waals surface area contributed by atoms with Crippen LogP contribution in [0.25, 0.3) is 11.1 Å². The second-order valence-electron chi connectivity index (χ2n) is 5.77. The van der Waals surface area contributed by atoms with E-state index in [4.69, 9.17) is 13.9 Å². The van der Waals surface area contributed by atoms with E-state index in [9.17, 15) is 9.59 Å². The van der Waals surface area contributed by atoms with Gasteiger partial charge in [-0.15, -0.1) is 0 Å². The van der Waals surface area contributed by atoms with Gasteiger partial charge in [-0.2, -0.15) is 0 Å². The zero-order valence-corrected chi connectivity index (χ0v) is 14.6. The lowest BCUT2D eigenvalue weighted by atomic mass is 10.3. The summed E-state index contributed by atoms with van der Waals surface area (Å²) in [6.07, 6.45) is 4.64. The first-order chi connectivity index (χ1) is 13.7. The summed E-state index contributed by atoms with van der Waals surface area (Å²) in [7, 11) is 0. The molecule has 0 aliphatic heterocycles. The molecule has 140 valence electrons. The first kappa shape index (κ1) is 17.5. The monoisotopic (exact) mass is 377 g/mol. The number of esters is 1. The van der Waals surface area contributed by atoms with Crippen LogP contribution in [0, 0.1) is 0 Å². The number of ether oxygens (including phenoxy) is 2. The number of oxazole rings is 1. The Labute approximate surface area is 159 Å². The van der Waals surface area contributed by atoms with Crippen molar-refractivity contribution < 1.29 is 18.7 Å². The molecule has 4 aromatic rings. The number of hydrogen-bond donors (Lipinski definition) is 0. The van der Waals surface area contributed by atoms with Crippen LogP contribution < -0.4 is 10.5 Å². The van der Waals surface area contributed by atoms with Crippen molar-refractivity contribution in [2.24, 2.45) is 0 Å². The van der Waals surface area contributed by atoms with Crippen LogP contribution in [-0.4, -0.2) is 27.1 Å². The molecule has 3 aromatic heterocycles. The van der Waals surface area contributed by atoms with Crippen molar-refractivity contribution >= 4 is 17.1 Å². The fraction of sp³-hybridized carbons (Fsp3) is 0.100. The molecule has 0 bridgehead atoms. The number of carbonyl (C=O) groups excluding carboxylic acids is 1. The molecular weight excluding hydrogens is 362 g/mol. The lowest BCUT2D eigenvalue weighted by Crippen LogP contribution is -2.19. The summed E-state index contributed by atoms with van der Waals surface area (Å²) < 4.78 is 17.5. The van der Waals surface area contributed by atoms with E-state index < -0.39 is 11.7 Å². The molecule has 0 amide bonds. The number of fused-ring (bicyclic) bond motifs is 1. The topological polar surface area (TPSA) is 96.5 Å². The van der Waals surface area contributed by atoms with Crippen molar-refractivity contribution in [3.05, 3.63) is 83.2 Å². The van der Waals surface area contributed by atoms with Gasteiger partial charge in [0.15, 0.2) is 5.58 Å². The zero-order chi connectivity index (χ0) is 19.3. The summed E-state index contributed by atoms with van der Waals surface area (Å²) in [5.74, 6) is -0.537. The van der Waals surface area contributed by atoms with Crippen LogP contribution in [0.2, 0.25) is 0 Å². The summed E-state index contributed by atoms with van der Waals surface area (Å²) in [6.45, 7) is 0.157. The van der Waals surface area contributed by atoms with Crippen molar-refractivity contribution in [3.63, 3.8) is 0 Å². The van der Waals surface area contributed by atoms with Crippen molar-refractivity contribution in [2.45, 2.75) is 6.54 Å². The van der Waals surface area contributed by atoms with Gasteiger partial charge < -0.3 is 13.9 Å². The highest BCUT2D eigenvalue weighted by atomic mass is 16.5. The molecule has 0 spiro atoms. The number of pyridine rings is 2. The van der Waals surface area contributed by atoms with Crippen LogP contribution in [0.4, 0.5) is 0 Å². The summed E-state index contributed by atoms with van der Waals surface area (Å²) in [4.78, 5) is 32.5. The van der Waals surface area contributed by atoms with Gasteiger partial charge in [0.05, 0.1) is 18.3 Å². The maximum Gasteiger partial charge on any atom is 0.420 e. The number of rotatable bonds is 6. The van der Waals surface area contributed by atoms with E-state index in [-0.39, 0.29) is 24.6 Å². The van der Waals surface area contributed by atoms with E-state index >= 15 is 0 Å². The number of hydrogen-bond acceptors (Lipinski definition) is 7. The lowest BCUT2D eigenvalue weighted by Gasteiger charge is -2.09. The highest BCUT2D eigenvalue weighted by molar-refractivity contribution is 5.91. The average molecular weight is 377 g/mol. The highest BCUT2D eigenvalue weighted by Gasteiger charge is 2.16. The second-order valence-corrected chi connectivity index (χ2v) is 5.77. The van der Waals surface area contributed by atoms with Crippen molar-refractivity contribution in [1.82, 2.24) is 14.5 Å². The quantitative estimate of drug-likeness (QED) is 0.477. The minimum atomic E-state index is -0.604. The molecule has 0 fully saturated rings. The molecule has 1 aromatic carbocycles. The molecule has 28 heavy (non-hydrogen) atoms. The molecule has 0 saturated heterocycles. The molecule has 0 atom stereocenters. The highest BCUT2D eigenvalue weighted by Crippen LogP contribution is 2.22. The molecule has 8 heteroatoms. The number of carbonyl (C=O) groups is 1. The Kier molecular flexibility index (Phi) is 4.83. The van der Waals surface area contributed by atoms with Crippen LogP contribution in [0.1, 0.15) is 10.4 Å². The van der Waals surface area contributed by atoms with Crippen LogP contribution in [-0.2, 0) is 11.3 Å². The fourth-order valence-electron chi connectivity index (χ4n) is 2.68. The summed E-state index contributed by atoms with van der Waals surface area (Å²) in [5, 5.41) is 0. The van der Waals surface area contributed by atoms with Crippen LogP contribution in [0.3, 0.4) is 0 Å². The first-order valence-corrected chi connectivity index (χ1v) is 8.51. The summed E-state index contributed by atoms with van der Waals surface area (Å²) in [5.41, 5.74) is 1.31. The number of benzene rings is 1. The summed E-state index contributed by atoms with van der Waals surface area (Å²) >= 11 is 0. The van der Waals surface area contributed by atoms with Crippen molar-refractivity contribution in [2.75, 3.05) is 6.61 Å². The molecule has 0 unspecified atom stereocenters. The van der Waals surface area contributed by atoms with Crippen LogP contribution in [0.5, 0.6) is 11.6 Å². The minimum Gasteiger partial charge on any atom is -0.460 e. The van der Waals surface area contributed by atoms with Crippen molar-refractivity contribution in [1.29, 1.82) is 0 Å². The van der Waals surface area contributed by atoms with Gasteiger partial charge in [-0.25, -0.2) is 14.6 Å². The standard InChI is InChI=1S/C20H15N3O5/c24-19(15-6-4-10-22-18(15)27-14-5-3-9-21-13-14)26-12-11-23-16-7-1-2-8-17(16)28-20(23)25/h1-10,13H,11-12H2. The molecule has 0 saturated carbocycles. The van der Waals surface area contributed by atoms with Gasteiger partial charge in [-0.1, -0.05) is 12.1 Å². The first-order valence-electron chi connectivity index (χ1n) is 8.51. The van der Waals surface area contributed by atoms with Crippen molar-refractivity contribution in [3.8, 4) is 11.6 Å². The van der Waals surface area contributed by atoms with Gasteiger partial charge in [0, 0.05) is 12.4 Å². The molecule has 0 radical (unpaired) electrons. The van der Waals surface area contributed by atoms with Gasteiger partial charge in [0.25, 0.3) is 0 Å². The molecule has 3 heterocycles. The maximum absolute atomic E-state index is 12.5. The third-order valence-electron chi connectivity index (χ3n) is 3.96. The molecule has 0 aliphatic rings. The normalized spacial score (nSPS) is 10.7. The molecule has 4 rings (SSSR count). The molecule has 8 nitrogen and oxygen atoms in total.